The molecule has 0 saturated carbocycles. The second kappa shape index (κ2) is 23.0. The van der Waals surface area contributed by atoms with E-state index in [4.69, 9.17) is 29.7 Å². The third-order valence-corrected chi connectivity index (χ3v) is 0. The molecule has 0 aromatic heterocycles. The standard InChI is InChI=1S/3C2H4O2.Cu.H2I/c3*1-2(3)4;;/h3*1H3,(H,3,4);;1H2/q;;;+2;+1/p-3. The van der Waals surface area contributed by atoms with Crippen LogP contribution in [0.3, 0.4) is 0 Å². The van der Waals surface area contributed by atoms with E-state index in [0.29, 0.717) is 0 Å². The first-order valence-electron chi connectivity index (χ1n) is 2.72. The zero-order chi connectivity index (χ0) is 10.7. The fourth-order valence-electron chi connectivity index (χ4n) is 0. The van der Waals surface area contributed by atoms with E-state index in [0.717, 1.165) is 20.8 Å². The summed E-state index contributed by atoms with van der Waals surface area (Å²) in [5, 5.41) is 26.7. The fourth-order valence-corrected chi connectivity index (χ4v) is 0. The molecule has 0 aliphatic carbocycles. The van der Waals surface area contributed by atoms with E-state index in [1.165, 1.54) is 0 Å². The van der Waals surface area contributed by atoms with Crippen molar-refractivity contribution in [3.63, 3.8) is 0 Å². The van der Waals surface area contributed by atoms with Crippen molar-refractivity contribution >= 4 is 17.9 Å². The first kappa shape index (κ1) is 29.2. The van der Waals surface area contributed by atoms with Crippen LogP contribution >= 0.6 is 0 Å². The molecule has 0 saturated heterocycles. The van der Waals surface area contributed by atoms with Gasteiger partial charge in [-0.3, -0.25) is 0 Å². The summed E-state index contributed by atoms with van der Waals surface area (Å²) >= 11 is 0. The fraction of sp³-hybridized carbons (Fsp3) is 0.500. The number of hydrogen-bond donors (Lipinski definition) is 0. The molecule has 0 aliphatic heterocycles. The molecule has 89 valence electrons. The van der Waals surface area contributed by atoms with Crippen molar-refractivity contribution in [2.24, 2.45) is 0 Å². The Balaban J connectivity index is -0.0000000270. The molecule has 6 nitrogen and oxygen atoms in total. The monoisotopic (exact) mass is 369 g/mol. The van der Waals surface area contributed by atoms with Crippen molar-refractivity contribution in [3.05, 3.63) is 0 Å². The van der Waals surface area contributed by atoms with Crippen LogP contribution in [0.4, 0.5) is 0 Å². The van der Waals surface area contributed by atoms with Gasteiger partial charge < -0.3 is 29.7 Å². The second-order valence-electron chi connectivity index (χ2n) is 1.47. The second-order valence-corrected chi connectivity index (χ2v) is 1.47. The molecule has 0 fully saturated rings. The Kier molecular flexibility index (Phi) is 47.9. The van der Waals surface area contributed by atoms with E-state index in [9.17, 15) is 0 Å². The Morgan fingerprint density at radius 3 is 0.714 bits per heavy atom. The number of carboxylic acid groups (broad SMARTS) is 3. The summed E-state index contributed by atoms with van der Waals surface area (Å²) in [5.74, 6) is -3.25. The molecule has 0 atom stereocenters. The summed E-state index contributed by atoms with van der Waals surface area (Å²) in [6, 6.07) is 0. The Bertz CT molecular complexity index is 120. The third-order valence-electron chi connectivity index (χ3n) is 0. The van der Waals surface area contributed by atoms with Gasteiger partial charge in [0.25, 0.3) is 0 Å². The van der Waals surface area contributed by atoms with E-state index >= 15 is 0 Å². The molecule has 0 aromatic rings. The van der Waals surface area contributed by atoms with E-state index in [1.54, 1.807) is 0 Å². The Morgan fingerprint density at radius 1 is 0.714 bits per heavy atom. The predicted octanol–water partition coefficient (Wildman–Crippen LogP) is -7.27. The summed E-state index contributed by atoms with van der Waals surface area (Å²) in [4.78, 5) is 26.7. The number of rotatable bonds is 0. The summed E-state index contributed by atoms with van der Waals surface area (Å²) < 4.78 is 0. The SMILES string of the molecule is CC(=O)[O-].CC(=O)[O-].CC(=O)[O-].[Cu+2].[IH2+]. The molecular formula is C6H11CuIO6. The van der Waals surface area contributed by atoms with Gasteiger partial charge in [0.15, 0.2) is 0 Å². The van der Waals surface area contributed by atoms with Gasteiger partial charge in [-0.25, -0.2) is 0 Å². The Hall–Kier alpha value is -0.341. The number of hydrogen-bond acceptors (Lipinski definition) is 6. The van der Waals surface area contributed by atoms with Gasteiger partial charge in [-0.2, -0.15) is 0 Å². The summed E-state index contributed by atoms with van der Waals surface area (Å²) in [6.45, 7) is 2.92. The van der Waals surface area contributed by atoms with Gasteiger partial charge in [0.1, 0.15) is 0 Å². The first-order valence-corrected chi connectivity index (χ1v) is 2.72. The largest absolute Gasteiger partial charge is 2.00 e. The number of carbonyl (C=O) groups excluding carboxylic acids is 3. The van der Waals surface area contributed by atoms with Crippen molar-refractivity contribution in [2.45, 2.75) is 20.8 Å². The molecular weight excluding hydrogens is 359 g/mol. The zero-order valence-corrected chi connectivity index (χ0v) is 11.2. The van der Waals surface area contributed by atoms with Gasteiger partial charge in [-0.15, -0.1) is 0 Å². The molecule has 0 rings (SSSR count). The summed E-state index contributed by atoms with van der Waals surface area (Å²) in [7, 11) is 0. The molecule has 0 heterocycles. The van der Waals surface area contributed by atoms with Gasteiger partial charge in [0, 0.05) is 17.9 Å². The average molecular weight is 370 g/mol. The van der Waals surface area contributed by atoms with Gasteiger partial charge in [-0.05, 0) is 20.8 Å². The van der Waals surface area contributed by atoms with Crippen molar-refractivity contribution in [1.29, 1.82) is 0 Å². The topological polar surface area (TPSA) is 120 Å². The minimum Gasteiger partial charge on any atom is -0.550 e. The number of aliphatic carboxylic acids is 3. The van der Waals surface area contributed by atoms with Crippen LogP contribution in [0.2, 0.25) is 0 Å². The van der Waals surface area contributed by atoms with Crippen LogP contribution in [0.5, 0.6) is 0 Å². The van der Waals surface area contributed by atoms with Crippen LogP contribution in [0.1, 0.15) is 20.8 Å². The number of carboxylic acids is 3. The Morgan fingerprint density at radius 2 is 0.714 bits per heavy atom. The normalized spacial score (nSPS) is 5.36. The maximum absolute atomic E-state index is 8.89. The van der Waals surface area contributed by atoms with Gasteiger partial charge in [0.2, 0.25) is 24.0 Å². The van der Waals surface area contributed by atoms with Crippen LogP contribution < -0.4 is 39.3 Å². The summed E-state index contributed by atoms with van der Waals surface area (Å²) in [5.41, 5.74) is 0. The van der Waals surface area contributed by atoms with Gasteiger partial charge in [-0.1, -0.05) is 0 Å². The van der Waals surface area contributed by atoms with Crippen LogP contribution in [-0.4, -0.2) is 17.9 Å². The molecule has 14 heavy (non-hydrogen) atoms. The van der Waals surface area contributed by atoms with Crippen molar-refractivity contribution < 1.29 is 70.7 Å². The van der Waals surface area contributed by atoms with E-state index in [1.807, 2.05) is 0 Å². The molecule has 0 unspecified atom stereocenters. The molecule has 0 aromatic carbocycles. The smallest absolute Gasteiger partial charge is 0.550 e. The maximum Gasteiger partial charge on any atom is 2.00 e. The van der Waals surface area contributed by atoms with Crippen LogP contribution in [0, 0.1) is 0 Å². The molecule has 0 N–H and O–H groups in total. The van der Waals surface area contributed by atoms with E-state index in [2.05, 4.69) is 0 Å². The van der Waals surface area contributed by atoms with Crippen molar-refractivity contribution in [1.82, 2.24) is 0 Å². The molecule has 8 heteroatoms. The van der Waals surface area contributed by atoms with Crippen LogP contribution in [0.15, 0.2) is 0 Å². The molecule has 0 spiro atoms. The van der Waals surface area contributed by atoms with Crippen molar-refractivity contribution in [2.75, 3.05) is 0 Å². The molecule has 0 aliphatic rings. The average Bonchev–Trinajstić information content (AvgIpc) is 1.54. The minimum atomic E-state index is -1.08. The van der Waals surface area contributed by atoms with Gasteiger partial charge in [0.05, 0.1) is 0 Å². The minimum absolute atomic E-state index is 0. The quantitative estimate of drug-likeness (QED) is 0.309. The number of carbonyl (C=O) groups is 3. The molecule has 1 radical (unpaired) electrons. The first-order chi connectivity index (χ1) is 5.20. The van der Waals surface area contributed by atoms with Crippen LogP contribution in [-0.2, 0) is 31.5 Å². The third kappa shape index (κ3) is 11400. The maximum atomic E-state index is 8.89. The van der Waals surface area contributed by atoms with E-state index in [-0.39, 0.29) is 41.0 Å². The number of halogens is 1. The predicted molar refractivity (Wildman–Crippen MR) is 34.8 cm³/mol. The zero-order valence-electron chi connectivity index (χ0n) is 7.70. The molecule has 0 amide bonds. The summed E-state index contributed by atoms with van der Waals surface area (Å²) in [6.07, 6.45) is 0. The Labute approximate surface area is 109 Å². The van der Waals surface area contributed by atoms with Crippen molar-refractivity contribution in [3.8, 4) is 0 Å². The van der Waals surface area contributed by atoms with Crippen LogP contribution in [0.25, 0.3) is 0 Å². The molecule has 0 bridgehead atoms. The van der Waals surface area contributed by atoms with E-state index < -0.39 is 17.9 Å². The van der Waals surface area contributed by atoms with Gasteiger partial charge >= 0.3 is 17.1 Å².